The van der Waals surface area contributed by atoms with Gasteiger partial charge in [-0.1, -0.05) is 12.5 Å². The molecule has 1 aliphatic rings. The normalized spacial score (nSPS) is 15.5. The first-order chi connectivity index (χ1) is 12.5. The van der Waals surface area contributed by atoms with Gasteiger partial charge in [-0.15, -0.1) is 0 Å². The van der Waals surface area contributed by atoms with Crippen LogP contribution in [0.3, 0.4) is 0 Å². The van der Waals surface area contributed by atoms with Crippen molar-refractivity contribution in [2.24, 2.45) is 0 Å². The molecule has 26 heavy (non-hydrogen) atoms. The van der Waals surface area contributed by atoms with E-state index < -0.39 is 11.7 Å². The van der Waals surface area contributed by atoms with Crippen molar-refractivity contribution in [1.29, 1.82) is 0 Å². The molecule has 1 fully saturated rings. The van der Waals surface area contributed by atoms with E-state index in [1.165, 1.54) is 25.3 Å². The number of nitrogens with one attached hydrogen (secondary N) is 1. The molecule has 3 rings (SSSR count). The molecule has 1 aromatic carbocycles. The highest BCUT2D eigenvalue weighted by Crippen LogP contribution is 2.32. The maximum absolute atomic E-state index is 12.7. The van der Waals surface area contributed by atoms with Crippen LogP contribution in [-0.4, -0.2) is 52.4 Å². The van der Waals surface area contributed by atoms with Crippen molar-refractivity contribution in [2.75, 3.05) is 26.2 Å². The number of hydrogen-bond acceptors (Lipinski definition) is 4. The Balaban J connectivity index is 1.73. The summed E-state index contributed by atoms with van der Waals surface area (Å²) in [6.45, 7) is 7.32. The number of hydrogen-bond donors (Lipinski definition) is 2. The van der Waals surface area contributed by atoms with Gasteiger partial charge in [-0.05, 0) is 51.9 Å². The van der Waals surface area contributed by atoms with Crippen LogP contribution in [0.5, 0.6) is 5.75 Å². The number of rotatable bonds is 6. The van der Waals surface area contributed by atoms with Crippen molar-refractivity contribution in [3.63, 3.8) is 0 Å². The molecule has 1 aliphatic heterocycles. The van der Waals surface area contributed by atoms with Crippen LogP contribution in [0.4, 0.5) is 0 Å². The first kappa shape index (κ1) is 18.5. The summed E-state index contributed by atoms with van der Waals surface area (Å²) in [7, 11) is 0. The maximum atomic E-state index is 12.7. The molecule has 0 saturated carbocycles. The molecule has 2 N–H and O–H groups in total. The van der Waals surface area contributed by atoms with E-state index in [-0.39, 0.29) is 17.4 Å². The van der Waals surface area contributed by atoms with Crippen LogP contribution in [-0.2, 0) is 4.79 Å². The Morgan fingerprint density at radius 3 is 2.62 bits per heavy atom. The van der Waals surface area contributed by atoms with Crippen molar-refractivity contribution >= 4 is 22.6 Å². The molecular formula is C20H27N3O3. The highest BCUT2D eigenvalue weighted by molar-refractivity contribution is 6.45. The molecule has 0 spiro atoms. The molecule has 6 heteroatoms. The number of phenols is 1. The Hall–Kier alpha value is -2.34. The Morgan fingerprint density at radius 1 is 1.19 bits per heavy atom. The van der Waals surface area contributed by atoms with Crippen molar-refractivity contribution in [1.82, 2.24) is 14.8 Å². The van der Waals surface area contributed by atoms with Crippen LogP contribution < -0.4 is 5.32 Å². The van der Waals surface area contributed by atoms with Gasteiger partial charge in [0.05, 0.1) is 16.5 Å². The number of amides is 1. The lowest BCUT2D eigenvalue weighted by molar-refractivity contribution is -0.117. The molecule has 6 nitrogen and oxygen atoms in total. The fourth-order valence-corrected chi connectivity index (χ4v) is 3.61. The second-order valence-corrected chi connectivity index (χ2v) is 7.20. The number of likely N-dealkylation sites (tertiary alicyclic amines) is 1. The van der Waals surface area contributed by atoms with Gasteiger partial charge in [0, 0.05) is 25.3 Å². The van der Waals surface area contributed by atoms with Crippen molar-refractivity contribution in [3.05, 3.63) is 30.0 Å². The Bertz CT molecular complexity index is 804. The van der Waals surface area contributed by atoms with Crippen molar-refractivity contribution in [3.8, 4) is 5.75 Å². The number of piperidine rings is 1. The topological polar surface area (TPSA) is 74.6 Å². The first-order valence-electron chi connectivity index (χ1n) is 9.36. The molecular weight excluding hydrogens is 330 g/mol. The van der Waals surface area contributed by atoms with Crippen molar-refractivity contribution in [2.45, 2.75) is 39.2 Å². The molecule has 0 atom stereocenters. The maximum Gasteiger partial charge on any atom is 0.292 e. The van der Waals surface area contributed by atoms with E-state index >= 15 is 0 Å². The van der Waals surface area contributed by atoms with Gasteiger partial charge in [0.1, 0.15) is 5.75 Å². The Morgan fingerprint density at radius 2 is 1.92 bits per heavy atom. The molecule has 1 aromatic heterocycles. The minimum atomic E-state index is -0.618. The highest BCUT2D eigenvalue weighted by Gasteiger charge is 2.24. The monoisotopic (exact) mass is 357 g/mol. The summed E-state index contributed by atoms with van der Waals surface area (Å²) in [4.78, 5) is 27.3. The number of nitrogens with zero attached hydrogens (tertiary/aromatic N) is 2. The summed E-state index contributed by atoms with van der Waals surface area (Å²) in [5, 5.41) is 13.4. The molecule has 0 radical (unpaired) electrons. The second kappa shape index (κ2) is 7.91. The van der Waals surface area contributed by atoms with E-state index in [4.69, 9.17) is 0 Å². The molecule has 2 aromatic rings. The lowest BCUT2D eigenvalue weighted by atomic mass is 10.1. The Labute approximate surface area is 153 Å². The minimum absolute atomic E-state index is 0.0198. The van der Waals surface area contributed by atoms with Gasteiger partial charge in [-0.2, -0.15) is 0 Å². The number of aromatic nitrogens is 1. The van der Waals surface area contributed by atoms with Crippen LogP contribution in [0, 0.1) is 0 Å². The number of carbonyl (C=O) groups excluding carboxylic acids is 2. The molecule has 2 heterocycles. The molecule has 0 unspecified atom stereocenters. The lowest BCUT2D eigenvalue weighted by Crippen LogP contribution is -2.39. The summed E-state index contributed by atoms with van der Waals surface area (Å²) in [5.74, 6) is -1.20. The zero-order valence-electron chi connectivity index (χ0n) is 15.5. The van der Waals surface area contributed by atoms with Crippen LogP contribution in [0.2, 0.25) is 0 Å². The van der Waals surface area contributed by atoms with E-state index in [1.807, 2.05) is 24.5 Å². The summed E-state index contributed by atoms with van der Waals surface area (Å²) in [6, 6.07) is 5.24. The second-order valence-electron chi connectivity index (χ2n) is 7.20. The van der Waals surface area contributed by atoms with Crippen LogP contribution in [0.25, 0.3) is 10.9 Å². The molecule has 0 aliphatic carbocycles. The largest absolute Gasteiger partial charge is 0.507 e. The lowest BCUT2D eigenvalue weighted by Gasteiger charge is -2.26. The zero-order valence-corrected chi connectivity index (χ0v) is 15.5. The predicted molar refractivity (Wildman–Crippen MR) is 102 cm³/mol. The predicted octanol–water partition coefficient (Wildman–Crippen LogP) is 2.71. The number of fused-ring (bicyclic) bond motifs is 1. The average molecular weight is 357 g/mol. The number of phenolic OH excluding ortho intramolecular Hbond substituents is 1. The van der Waals surface area contributed by atoms with Crippen LogP contribution in [0.1, 0.15) is 49.5 Å². The number of Topliss-reactive ketones (excluding diaryl/α,β-unsaturated/α-hetero) is 1. The first-order valence-corrected chi connectivity index (χ1v) is 9.36. The summed E-state index contributed by atoms with van der Waals surface area (Å²) in [5.41, 5.74) is 1.01. The molecule has 1 amide bonds. The van der Waals surface area contributed by atoms with Gasteiger partial charge < -0.3 is 19.9 Å². The third-order valence-electron chi connectivity index (χ3n) is 5.01. The minimum Gasteiger partial charge on any atom is -0.507 e. The summed E-state index contributed by atoms with van der Waals surface area (Å²) in [6.07, 6.45) is 5.33. The highest BCUT2D eigenvalue weighted by atomic mass is 16.3. The number of ketones is 1. The van der Waals surface area contributed by atoms with Gasteiger partial charge in [-0.25, -0.2) is 0 Å². The fourth-order valence-electron chi connectivity index (χ4n) is 3.61. The van der Waals surface area contributed by atoms with Crippen molar-refractivity contribution < 1.29 is 14.7 Å². The van der Waals surface area contributed by atoms with Crippen LogP contribution in [0.15, 0.2) is 24.4 Å². The van der Waals surface area contributed by atoms with Gasteiger partial charge >= 0.3 is 0 Å². The summed E-state index contributed by atoms with van der Waals surface area (Å²) >= 11 is 0. The number of carbonyl (C=O) groups is 2. The van der Waals surface area contributed by atoms with E-state index in [1.54, 1.807) is 12.3 Å². The van der Waals surface area contributed by atoms with E-state index in [2.05, 4.69) is 10.2 Å². The molecule has 140 valence electrons. The zero-order chi connectivity index (χ0) is 18.7. The smallest absolute Gasteiger partial charge is 0.292 e. The quantitative estimate of drug-likeness (QED) is 0.616. The third kappa shape index (κ3) is 3.75. The Kier molecular flexibility index (Phi) is 5.61. The number of benzene rings is 1. The molecule has 1 saturated heterocycles. The average Bonchev–Trinajstić information content (AvgIpc) is 3.03. The van der Waals surface area contributed by atoms with E-state index in [9.17, 15) is 14.7 Å². The van der Waals surface area contributed by atoms with Crippen LogP contribution >= 0.6 is 0 Å². The van der Waals surface area contributed by atoms with Gasteiger partial charge in [0.25, 0.3) is 11.7 Å². The SMILES string of the molecule is CC(C)n1cc(C(=O)C(=O)NCCN2CCCCC2)c2c(O)cccc21. The summed E-state index contributed by atoms with van der Waals surface area (Å²) < 4.78 is 1.91. The van der Waals surface area contributed by atoms with Gasteiger partial charge in [-0.3, -0.25) is 9.59 Å². The fraction of sp³-hybridized carbons (Fsp3) is 0.500. The molecule has 0 bridgehead atoms. The van der Waals surface area contributed by atoms with E-state index in [0.717, 1.165) is 25.2 Å². The number of aromatic hydroxyl groups is 1. The van der Waals surface area contributed by atoms with Gasteiger partial charge in [0.2, 0.25) is 0 Å². The van der Waals surface area contributed by atoms with E-state index in [0.29, 0.717) is 11.9 Å². The standard InChI is InChI=1S/C20H27N3O3/c1-14(2)23-13-15(18-16(23)7-6-8-17(18)24)19(25)20(26)21-9-12-22-10-4-3-5-11-22/h6-8,13-14,24H,3-5,9-12H2,1-2H3,(H,21,26). The van der Waals surface area contributed by atoms with Gasteiger partial charge in [0.15, 0.2) is 0 Å². The third-order valence-corrected chi connectivity index (χ3v) is 5.01.